The number of carbonyl (C=O) groups is 2. The molecule has 1 aliphatic rings. The van der Waals surface area contributed by atoms with Crippen LogP contribution in [0.25, 0.3) is 0 Å². The van der Waals surface area contributed by atoms with E-state index in [1.807, 2.05) is 30.3 Å². The van der Waals surface area contributed by atoms with Crippen molar-refractivity contribution < 1.29 is 9.59 Å². The predicted octanol–water partition coefficient (Wildman–Crippen LogP) is 2.01. The van der Waals surface area contributed by atoms with Crippen LogP contribution < -0.4 is 10.6 Å². The molecule has 2 aromatic carbocycles. The average Bonchev–Trinajstić information content (AvgIpc) is 2.64. The molecule has 0 radical (unpaired) electrons. The minimum absolute atomic E-state index is 0.466. The largest absolute Gasteiger partial charge is 0.367 e. The van der Waals surface area contributed by atoms with Crippen LogP contribution in [0.2, 0.25) is 5.02 Å². The van der Waals surface area contributed by atoms with Crippen molar-refractivity contribution in [3.05, 3.63) is 64.7 Å². The van der Waals surface area contributed by atoms with E-state index in [0.29, 0.717) is 22.0 Å². The van der Waals surface area contributed by atoms with E-state index in [-0.39, 0.29) is 0 Å². The zero-order chi connectivity index (χ0) is 16.6. The molecule has 116 valence electrons. The lowest BCUT2D eigenvalue weighted by Gasteiger charge is -2.19. The summed E-state index contributed by atoms with van der Waals surface area (Å²) in [5.74, 6) is -1.25. The van der Waals surface area contributed by atoms with Crippen molar-refractivity contribution in [2.24, 2.45) is 10.7 Å². The Labute approximate surface area is 138 Å². The Hall–Kier alpha value is -2.66. The fourth-order valence-corrected chi connectivity index (χ4v) is 2.73. The first-order valence-electron chi connectivity index (χ1n) is 6.99. The second kappa shape index (κ2) is 5.85. The van der Waals surface area contributed by atoms with Crippen molar-refractivity contribution in [2.75, 3.05) is 11.9 Å². The van der Waals surface area contributed by atoms with Crippen molar-refractivity contribution in [1.29, 1.82) is 0 Å². The third kappa shape index (κ3) is 2.71. The van der Waals surface area contributed by atoms with Crippen LogP contribution in [0.5, 0.6) is 0 Å². The lowest BCUT2D eigenvalue weighted by molar-refractivity contribution is -0.127. The van der Waals surface area contributed by atoms with Gasteiger partial charge in [-0.05, 0) is 18.2 Å². The highest BCUT2D eigenvalue weighted by atomic mass is 35.5. The maximum absolute atomic E-state index is 12.5. The molecule has 0 fully saturated rings. The van der Waals surface area contributed by atoms with Crippen LogP contribution in [-0.2, 0) is 9.59 Å². The SMILES string of the molecule is CN1C(=O)C(C(N)=O)N=C(c2ccccc2)c2cc(Cl)ccc21. The summed E-state index contributed by atoms with van der Waals surface area (Å²) in [6.07, 6.45) is 0. The number of rotatable bonds is 2. The molecular formula is C17H14ClN3O2. The maximum Gasteiger partial charge on any atom is 0.261 e. The van der Waals surface area contributed by atoms with Crippen LogP contribution in [0.1, 0.15) is 11.1 Å². The number of benzene rings is 2. The third-order valence-electron chi connectivity index (χ3n) is 3.71. The number of carbonyl (C=O) groups excluding carboxylic acids is 2. The first kappa shape index (κ1) is 15.2. The summed E-state index contributed by atoms with van der Waals surface area (Å²) in [7, 11) is 1.59. The predicted molar refractivity (Wildman–Crippen MR) is 89.9 cm³/mol. The first-order valence-corrected chi connectivity index (χ1v) is 7.37. The lowest BCUT2D eigenvalue weighted by atomic mass is 10.0. The van der Waals surface area contributed by atoms with Gasteiger partial charge in [-0.25, -0.2) is 0 Å². The van der Waals surface area contributed by atoms with Gasteiger partial charge in [0.25, 0.3) is 11.8 Å². The van der Waals surface area contributed by atoms with E-state index in [9.17, 15) is 9.59 Å². The van der Waals surface area contributed by atoms with Gasteiger partial charge in [0.15, 0.2) is 0 Å². The number of fused-ring (bicyclic) bond motifs is 1. The van der Waals surface area contributed by atoms with Gasteiger partial charge in [0.1, 0.15) is 0 Å². The van der Waals surface area contributed by atoms with Crippen LogP contribution in [-0.4, -0.2) is 30.6 Å². The van der Waals surface area contributed by atoms with Crippen LogP contribution in [0.4, 0.5) is 5.69 Å². The summed E-state index contributed by atoms with van der Waals surface area (Å²) in [6, 6.07) is 13.2. The first-order chi connectivity index (χ1) is 11.0. The highest BCUT2D eigenvalue weighted by Gasteiger charge is 2.33. The summed E-state index contributed by atoms with van der Waals surface area (Å²) in [5.41, 5.74) is 7.99. The van der Waals surface area contributed by atoms with Gasteiger partial charge in [0, 0.05) is 23.2 Å². The number of benzodiazepines with no additional fused rings is 1. The number of aliphatic imine (C=N–C) groups is 1. The minimum atomic E-state index is -1.26. The summed E-state index contributed by atoms with van der Waals surface area (Å²) in [4.78, 5) is 29.9. The molecule has 0 bridgehead atoms. The molecule has 2 aromatic rings. The maximum atomic E-state index is 12.5. The fourth-order valence-electron chi connectivity index (χ4n) is 2.56. The number of hydrogen-bond donors (Lipinski definition) is 1. The molecule has 2 amide bonds. The van der Waals surface area contributed by atoms with Gasteiger partial charge in [-0.3, -0.25) is 14.6 Å². The average molecular weight is 328 g/mol. The molecule has 0 spiro atoms. The van der Waals surface area contributed by atoms with Gasteiger partial charge >= 0.3 is 0 Å². The molecular weight excluding hydrogens is 314 g/mol. The molecule has 5 nitrogen and oxygen atoms in total. The van der Waals surface area contributed by atoms with Crippen LogP contribution in [0, 0.1) is 0 Å². The zero-order valence-electron chi connectivity index (χ0n) is 12.4. The Morgan fingerprint density at radius 1 is 1.22 bits per heavy atom. The van der Waals surface area contributed by atoms with Crippen LogP contribution in [0.15, 0.2) is 53.5 Å². The Morgan fingerprint density at radius 2 is 1.91 bits per heavy atom. The third-order valence-corrected chi connectivity index (χ3v) is 3.95. The number of nitrogens with zero attached hydrogens (tertiary/aromatic N) is 2. The monoisotopic (exact) mass is 327 g/mol. The number of hydrogen-bond acceptors (Lipinski definition) is 3. The van der Waals surface area contributed by atoms with E-state index >= 15 is 0 Å². The van der Waals surface area contributed by atoms with E-state index in [2.05, 4.69) is 4.99 Å². The summed E-state index contributed by atoms with van der Waals surface area (Å²) in [5, 5.41) is 0.519. The molecule has 1 atom stereocenters. The Balaban J connectivity index is 2.30. The van der Waals surface area contributed by atoms with Gasteiger partial charge in [-0.15, -0.1) is 0 Å². The Kier molecular flexibility index (Phi) is 3.88. The molecule has 0 aromatic heterocycles. The second-order valence-corrected chi connectivity index (χ2v) is 5.64. The standard InChI is InChI=1S/C17H14ClN3O2/c1-21-13-8-7-11(18)9-12(13)14(10-5-3-2-4-6-10)20-15(16(19)22)17(21)23/h2-9,15H,1H3,(H2,19,22). The number of primary amides is 1. The molecule has 0 saturated carbocycles. The quantitative estimate of drug-likeness (QED) is 0.857. The van der Waals surface area contributed by atoms with Gasteiger partial charge in [-0.1, -0.05) is 41.9 Å². The van der Waals surface area contributed by atoms with Crippen molar-refractivity contribution in [2.45, 2.75) is 6.04 Å². The van der Waals surface area contributed by atoms with Gasteiger partial charge in [0.2, 0.25) is 6.04 Å². The fraction of sp³-hybridized carbons (Fsp3) is 0.118. The molecule has 0 saturated heterocycles. The van der Waals surface area contributed by atoms with Crippen LogP contribution >= 0.6 is 11.6 Å². The van der Waals surface area contributed by atoms with E-state index in [1.165, 1.54) is 4.90 Å². The minimum Gasteiger partial charge on any atom is -0.367 e. The van der Waals surface area contributed by atoms with Crippen molar-refractivity contribution in [1.82, 2.24) is 0 Å². The molecule has 1 heterocycles. The van der Waals surface area contributed by atoms with Crippen molar-refractivity contribution in [3.63, 3.8) is 0 Å². The van der Waals surface area contributed by atoms with Crippen molar-refractivity contribution >= 4 is 34.8 Å². The molecule has 23 heavy (non-hydrogen) atoms. The molecule has 0 aliphatic carbocycles. The number of anilines is 1. The normalized spacial score (nSPS) is 17.3. The Morgan fingerprint density at radius 3 is 2.57 bits per heavy atom. The molecule has 1 unspecified atom stereocenters. The zero-order valence-corrected chi connectivity index (χ0v) is 13.1. The number of likely N-dealkylation sites (N-methyl/N-ethyl adjacent to an activating group) is 1. The summed E-state index contributed by atoms with van der Waals surface area (Å²) < 4.78 is 0. The molecule has 3 rings (SSSR count). The summed E-state index contributed by atoms with van der Waals surface area (Å²) in [6.45, 7) is 0. The Bertz CT molecular complexity index is 818. The van der Waals surface area contributed by atoms with E-state index in [0.717, 1.165) is 5.56 Å². The molecule has 1 aliphatic heterocycles. The second-order valence-electron chi connectivity index (χ2n) is 5.21. The number of halogens is 1. The van der Waals surface area contributed by atoms with E-state index in [4.69, 9.17) is 17.3 Å². The van der Waals surface area contributed by atoms with Gasteiger partial charge < -0.3 is 10.6 Å². The highest BCUT2D eigenvalue weighted by Crippen LogP contribution is 2.30. The lowest BCUT2D eigenvalue weighted by Crippen LogP contribution is -2.42. The number of nitrogens with two attached hydrogens (primary N) is 1. The van der Waals surface area contributed by atoms with E-state index in [1.54, 1.807) is 25.2 Å². The number of amides is 2. The molecule has 6 heteroatoms. The van der Waals surface area contributed by atoms with Gasteiger partial charge in [0.05, 0.1) is 11.4 Å². The van der Waals surface area contributed by atoms with E-state index < -0.39 is 17.9 Å². The van der Waals surface area contributed by atoms with Crippen LogP contribution in [0.3, 0.4) is 0 Å². The molecule has 2 N–H and O–H groups in total. The highest BCUT2D eigenvalue weighted by molar-refractivity contribution is 6.32. The smallest absolute Gasteiger partial charge is 0.261 e. The van der Waals surface area contributed by atoms with Crippen molar-refractivity contribution in [3.8, 4) is 0 Å². The topological polar surface area (TPSA) is 75.8 Å². The summed E-state index contributed by atoms with van der Waals surface area (Å²) >= 11 is 6.12. The van der Waals surface area contributed by atoms with Gasteiger partial charge in [-0.2, -0.15) is 0 Å².